The van der Waals surface area contributed by atoms with Crippen LogP contribution in [0, 0.1) is 6.92 Å². The summed E-state index contributed by atoms with van der Waals surface area (Å²) in [4.78, 5) is 26.7. The molecule has 0 bridgehead atoms. The molecule has 1 aliphatic rings. The van der Waals surface area contributed by atoms with Crippen molar-refractivity contribution in [2.45, 2.75) is 13.5 Å². The van der Waals surface area contributed by atoms with Crippen molar-refractivity contribution in [1.82, 2.24) is 4.90 Å². The predicted octanol–water partition coefficient (Wildman–Crippen LogP) is 5.69. The summed E-state index contributed by atoms with van der Waals surface area (Å²) in [6.07, 6.45) is 1.74. The molecule has 0 aliphatic carbocycles. The van der Waals surface area contributed by atoms with Crippen LogP contribution in [-0.4, -0.2) is 29.3 Å². The summed E-state index contributed by atoms with van der Waals surface area (Å²) in [5, 5.41) is -0.251. The Bertz CT molecular complexity index is 1110. The van der Waals surface area contributed by atoms with E-state index < -0.39 is 0 Å². The van der Waals surface area contributed by atoms with E-state index in [2.05, 4.69) is 0 Å². The van der Waals surface area contributed by atoms with E-state index in [1.807, 2.05) is 85.8 Å². The van der Waals surface area contributed by atoms with Crippen molar-refractivity contribution in [1.29, 1.82) is 0 Å². The highest BCUT2D eigenvalue weighted by molar-refractivity contribution is 8.18. The smallest absolute Gasteiger partial charge is 0.293 e. The highest BCUT2D eigenvalue weighted by Crippen LogP contribution is 2.33. The molecule has 3 aromatic rings. The van der Waals surface area contributed by atoms with Crippen molar-refractivity contribution in [3.63, 3.8) is 0 Å². The van der Waals surface area contributed by atoms with Crippen LogP contribution in [0.15, 0.2) is 83.8 Å². The number of amides is 2. The van der Waals surface area contributed by atoms with Crippen LogP contribution in [0.25, 0.3) is 6.08 Å². The van der Waals surface area contributed by atoms with Crippen molar-refractivity contribution < 1.29 is 19.1 Å². The van der Waals surface area contributed by atoms with Crippen LogP contribution < -0.4 is 9.47 Å². The fraction of sp³-hybridized carbons (Fsp3) is 0.154. The van der Waals surface area contributed by atoms with Crippen LogP contribution in [0.4, 0.5) is 4.79 Å². The highest BCUT2D eigenvalue weighted by Gasteiger charge is 2.34. The van der Waals surface area contributed by atoms with Crippen molar-refractivity contribution in [2.75, 3.05) is 13.2 Å². The summed E-state index contributed by atoms with van der Waals surface area (Å²) < 4.78 is 11.4. The predicted molar refractivity (Wildman–Crippen MR) is 127 cm³/mol. The summed E-state index contributed by atoms with van der Waals surface area (Å²) in [5.41, 5.74) is 2.94. The van der Waals surface area contributed by atoms with Gasteiger partial charge in [0.15, 0.2) is 0 Å². The number of rotatable bonds is 8. The van der Waals surface area contributed by atoms with Crippen LogP contribution in [0.2, 0.25) is 0 Å². The standard InChI is InChI=1S/C26H23NO4S/c1-19-7-11-22(12-8-19)30-15-16-31-23-13-9-20(10-14-23)17-24-25(28)27(26(29)32-24)18-21-5-3-2-4-6-21/h2-14,17H,15-16,18H2,1H3/b24-17-. The first-order chi connectivity index (χ1) is 15.6. The topological polar surface area (TPSA) is 55.8 Å². The number of hydrogen-bond donors (Lipinski definition) is 0. The number of nitrogens with zero attached hydrogens (tertiary/aromatic N) is 1. The Morgan fingerprint density at radius 2 is 1.41 bits per heavy atom. The van der Waals surface area contributed by atoms with Gasteiger partial charge in [0.1, 0.15) is 24.7 Å². The maximum atomic E-state index is 12.7. The van der Waals surface area contributed by atoms with Crippen molar-refractivity contribution >= 4 is 29.0 Å². The van der Waals surface area contributed by atoms with E-state index in [0.29, 0.717) is 23.9 Å². The molecule has 1 aliphatic heterocycles. The number of hydrogen-bond acceptors (Lipinski definition) is 5. The maximum absolute atomic E-state index is 12.7. The lowest BCUT2D eigenvalue weighted by Crippen LogP contribution is -2.27. The molecule has 2 amide bonds. The van der Waals surface area contributed by atoms with Gasteiger partial charge in [-0.15, -0.1) is 0 Å². The summed E-state index contributed by atoms with van der Waals surface area (Å²) in [6, 6.07) is 24.8. The summed E-state index contributed by atoms with van der Waals surface area (Å²) in [5.74, 6) is 1.26. The lowest BCUT2D eigenvalue weighted by Gasteiger charge is -2.12. The number of benzene rings is 3. The van der Waals surface area contributed by atoms with Gasteiger partial charge in [0, 0.05) is 0 Å². The molecule has 32 heavy (non-hydrogen) atoms. The van der Waals surface area contributed by atoms with Gasteiger partial charge in [-0.2, -0.15) is 0 Å². The molecule has 1 fully saturated rings. The molecule has 0 aromatic heterocycles. The first kappa shape index (κ1) is 21.7. The minimum Gasteiger partial charge on any atom is -0.490 e. The Labute approximate surface area is 191 Å². The Morgan fingerprint density at radius 1 is 0.812 bits per heavy atom. The van der Waals surface area contributed by atoms with E-state index in [9.17, 15) is 9.59 Å². The molecule has 0 unspecified atom stereocenters. The fourth-order valence-corrected chi connectivity index (χ4v) is 4.01. The molecule has 0 saturated carbocycles. The summed E-state index contributed by atoms with van der Waals surface area (Å²) in [6.45, 7) is 3.18. The third-order valence-corrected chi connectivity index (χ3v) is 5.78. The van der Waals surface area contributed by atoms with E-state index in [1.54, 1.807) is 6.08 Å². The van der Waals surface area contributed by atoms with Crippen LogP contribution in [0.3, 0.4) is 0 Å². The third kappa shape index (κ3) is 5.59. The number of aryl methyl sites for hydroxylation is 1. The minimum atomic E-state index is -0.266. The van der Waals surface area contributed by atoms with Crippen LogP contribution in [0.1, 0.15) is 16.7 Å². The minimum absolute atomic E-state index is 0.251. The number of carbonyl (C=O) groups excluding carboxylic acids is 2. The molecular formula is C26H23NO4S. The normalized spacial score (nSPS) is 14.8. The van der Waals surface area contributed by atoms with Gasteiger partial charge in [0.05, 0.1) is 11.4 Å². The number of imide groups is 1. The van der Waals surface area contributed by atoms with E-state index in [1.165, 1.54) is 10.5 Å². The van der Waals surface area contributed by atoms with Crippen molar-refractivity contribution in [3.8, 4) is 11.5 Å². The second kappa shape index (κ2) is 10.2. The van der Waals surface area contributed by atoms with Gasteiger partial charge in [-0.25, -0.2) is 0 Å². The number of carbonyl (C=O) groups is 2. The van der Waals surface area contributed by atoms with E-state index in [-0.39, 0.29) is 17.7 Å². The second-order valence-electron chi connectivity index (χ2n) is 7.33. The maximum Gasteiger partial charge on any atom is 0.293 e. The first-order valence-corrected chi connectivity index (χ1v) is 11.1. The molecule has 0 spiro atoms. The molecule has 3 aromatic carbocycles. The Balaban J connectivity index is 1.30. The molecule has 0 radical (unpaired) electrons. The second-order valence-corrected chi connectivity index (χ2v) is 8.33. The molecule has 4 rings (SSSR count). The lowest BCUT2D eigenvalue weighted by molar-refractivity contribution is -0.123. The fourth-order valence-electron chi connectivity index (χ4n) is 3.17. The zero-order chi connectivity index (χ0) is 22.3. The van der Waals surface area contributed by atoms with Gasteiger partial charge in [-0.05, 0) is 60.2 Å². The quantitative estimate of drug-likeness (QED) is 0.329. The molecule has 5 nitrogen and oxygen atoms in total. The van der Waals surface area contributed by atoms with Gasteiger partial charge < -0.3 is 9.47 Å². The summed E-state index contributed by atoms with van der Waals surface area (Å²) >= 11 is 0.966. The largest absolute Gasteiger partial charge is 0.490 e. The van der Waals surface area contributed by atoms with Gasteiger partial charge in [-0.3, -0.25) is 14.5 Å². The molecule has 162 valence electrons. The molecule has 0 N–H and O–H groups in total. The Hall–Kier alpha value is -3.51. The molecule has 0 atom stereocenters. The SMILES string of the molecule is Cc1ccc(OCCOc2ccc(/C=C3\SC(=O)N(Cc4ccccc4)C3=O)cc2)cc1. The lowest BCUT2D eigenvalue weighted by atomic mass is 10.2. The average molecular weight is 446 g/mol. The van der Waals surface area contributed by atoms with Crippen molar-refractivity contribution in [3.05, 3.63) is 100 Å². The van der Waals surface area contributed by atoms with Crippen LogP contribution >= 0.6 is 11.8 Å². The molecule has 6 heteroatoms. The van der Waals surface area contributed by atoms with Crippen molar-refractivity contribution in [2.24, 2.45) is 0 Å². The zero-order valence-corrected chi connectivity index (χ0v) is 18.5. The summed E-state index contributed by atoms with van der Waals surface area (Å²) in [7, 11) is 0. The van der Waals surface area contributed by atoms with Crippen LogP contribution in [0.5, 0.6) is 11.5 Å². The van der Waals surface area contributed by atoms with E-state index in [0.717, 1.165) is 28.6 Å². The van der Waals surface area contributed by atoms with E-state index in [4.69, 9.17) is 9.47 Å². The highest BCUT2D eigenvalue weighted by atomic mass is 32.2. The first-order valence-electron chi connectivity index (χ1n) is 10.3. The molecule has 1 heterocycles. The average Bonchev–Trinajstić information content (AvgIpc) is 3.07. The zero-order valence-electron chi connectivity index (χ0n) is 17.7. The number of ether oxygens (including phenoxy) is 2. The monoisotopic (exact) mass is 445 g/mol. The van der Waals surface area contributed by atoms with E-state index >= 15 is 0 Å². The molecule has 1 saturated heterocycles. The Kier molecular flexibility index (Phi) is 6.92. The van der Waals surface area contributed by atoms with Gasteiger partial charge in [-0.1, -0.05) is 60.2 Å². The van der Waals surface area contributed by atoms with Gasteiger partial charge >= 0.3 is 0 Å². The third-order valence-electron chi connectivity index (χ3n) is 4.88. The Morgan fingerprint density at radius 3 is 2.03 bits per heavy atom. The number of thioether (sulfide) groups is 1. The molecular weight excluding hydrogens is 422 g/mol. The van der Waals surface area contributed by atoms with Gasteiger partial charge in [0.25, 0.3) is 11.1 Å². The van der Waals surface area contributed by atoms with Crippen LogP contribution in [-0.2, 0) is 11.3 Å². The van der Waals surface area contributed by atoms with Gasteiger partial charge in [0.2, 0.25) is 0 Å².